The topological polar surface area (TPSA) is 123 Å². The van der Waals surface area contributed by atoms with Crippen molar-refractivity contribution < 1.29 is 28.7 Å². The lowest BCUT2D eigenvalue weighted by atomic mass is 9.84. The summed E-state index contributed by atoms with van der Waals surface area (Å²) in [5.74, 6) is -1.67. The lowest BCUT2D eigenvalue weighted by Gasteiger charge is -2.36. The van der Waals surface area contributed by atoms with Crippen molar-refractivity contribution in [1.82, 2.24) is 16.0 Å². The number of esters is 1. The van der Waals surface area contributed by atoms with Gasteiger partial charge < -0.3 is 25.4 Å². The Kier molecular flexibility index (Phi) is 10.8. The summed E-state index contributed by atoms with van der Waals surface area (Å²) in [6.07, 6.45) is 0.0270. The van der Waals surface area contributed by atoms with E-state index >= 15 is 0 Å². The normalized spacial score (nSPS) is 14.5. The Morgan fingerprint density at radius 2 is 1.20 bits per heavy atom. The smallest absolute Gasteiger partial charge is 0.407 e. The molecule has 0 aromatic heterocycles. The van der Waals surface area contributed by atoms with Crippen LogP contribution in [0.4, 0.5) is 4.79 Å². The summed E-state index contributed by atoms with van der Waals surface area (Å²) in [5.41, 5.74) is 6.14. The Balaban J connectivity index is 1.17. The third-order valence-electron chi connectivity index (χ3n) is 10.1. The highest BCUT2D eigenvalue weighted by molar-refractivity contribution is 8.00. The molecule has 9 nitrogen and oxygen atoms in total. The fourth-order valence-corrected chi connectivity index (χ4v) is 8.75. The number of fused-ring (bicyclic) bond motifs is 3. The molecular weight excluding hydrogens is 699 g/mol. The zero-order valence-electron chi connectivity index (χ0n) is 29.8. The van der Waals surface area contributed by atoms with Gasteiger partial charge in [0, 0.05) is 11.7 Å². The molecule has 10 heteroatoms. The Bertz CT molecular complexity index is 1980. The van der Waals surface area contributed by atoms with Gasteiger partial charge in [-0.05, 0) is 51.8 Å². The zero-order valence-corrected chi connectivity index (χ0v) is 30.6. The van der Waals surface area contributed by atoms with Gasteiger partial charge in [-0.25, -0.2) is 4.79 Å². The predicted octanol–water partition coefficient (Wildman–Crippen LogP) is 6.56. The number of amides is 3. The van der Waals surface area contributed by atoms with Gasteiger partial charge in [0.25, 0.3) is 0 Å². The van der Waals surface area contributed by atoms with Gasteiger partial charge in [0.15, 0.2) is 0 Å². The molecule has 0 heterocycles. The van der Waals surface area contributed by atoms with Crippen molar-refractivity contribution in [3.05, 3.63) is 167 Å². The number of carbonyl (C=O) groups is 4. The van der Waals surface area contributed by atoms with Crippen LogP contribution in [-0.4, -0.2) is 61.5 Å². The van der Waals surface area contributed by atoms with Gasteiger partial charge in [0.05, 0.1) is 11.9 Å². The highest BCUT2D eigenvalue weighted by Crippen LogP contribution is 2.49. The number of alkyl carbamates (subject to hydrolysis) is 1. The minimum absolute atomic E-state index is 0.0726. The molecule has 54 heavy (non-hydrogen) atoms. The lowest BCUT2D eigenvalue weighted by Crippen LogP contribution is -2.56. The molecule has 2 aliphatic rings. The molecule has 0 bridgehead atoms. The van der Waals surface area contributed by atoms with E-state index in [1.165, 1.54) is 18.9 Å². The average molecular weight is 740 g/mol. The quantitative estimate of drug-likeness (QED) is 0.0872. The summed E-state index contributed by atoms with van der Waals surface area (Å²) in [6.45, 7) is -0.249. The van der Waals surface area contributed by atoms with Crippen LogP contribution in [0.2, 0.25) is 0 Å². The Hall–Kier alpha value is -5.87. The average Bonchev–Trinajstić information content (AvgIpc) is 3.94. The van der Waals surface area contributed by atoms with Crippen LogP contribution in [0.3, 0.4) is 0 Å². The maximum Gasteiger partial charge on any atom is 0.407 e. The fourth-order valence-electron chi connectivity index (χ4n) is 7.19. The third-order valence-corrected chi connectivity index (χ3v) is 11.8. The summed E-state index contributed by atoms with van der Waals surface area (Å²) in [4.78, 5) is 53.0. The molecule has 1 unspecified atom stereocenters. The first-order valence-corrected chi connectivity index (χ1v) is 18.9. The van der Waals surface area contributed by atoms with Crippen LogP contribution in [0.25, 0.3) is 11.1 Å². The predicted molar refractivity (Wildman–Crippen MR) is 209 cm³/mol. The lowest BCUT2D eigenvalue weighted by molar-refractivity contribution is -0.141. The molecule has 274 valence electrons. The molecule has 0 spiro atoms. The van der Waals surface area contributed by atoms with Crippen molar-refractivity contribution in [2.75, 3.05) is 26.0 Å². The molecular formula is C44H41N3O6S. The van der Waals surface area contributed by atoms with Crippen molar-refractivity contribution in [3.8, 4) is 11.1 Å². The van der Waals surface area contributed by atoms with E-state index < -0.39 is 40.2 Å². The van der Waals surface area contributed by atoms with Gasteiger partial charge in [0.1, 0.15) is 24.7 Å². The van der Waals surface area contributed by atoms with E-state index in [0.717, 1.165) is 38.9 Å². The molecule has 0 aliphatic heterocycles. The molecule has 7 rings (SSSR count). The summed E-state index contributed by atoms with van der Waals surface area (Å²) in [5, 5.41) is 8.34. The van der Waals surface area contributed by atoms with Crippen LogP contribution in [0.1, 0.15) is 46.6 Å². The van der Waals surface area contributed by atoms with Crippen molar-refractivity contribution in [2.45, 2.75) is 35.1 Å². The fraction of sp³-hybridized carbons (Fsp3) is 0.227. The maximum absolute atomic E-state index is 14.3. The Morgan fingerprint density at radius 1 is 0.722 bits per heavy atom. The van der Waals surface area contributed by atoms with Gasteiger partial charge in [-0.3, -0.25) is 14.4 Å². The van der Waals surface area contributed by atoms with E-state index in [9.17, 15) is 19.2 Å². The molecule has 5 aromatic rings. The second kappa shape index (κ2) is 16.0. The summed E-state index contributed by atoms with van der Waals surface area (Å²) in [7, 11) is 1.24. The number of methoxy groups -OCH3 is 1. The summed E-state index contributed by atoms with van der Waals surface area (Å²) in [6, 6.07) is 45.2. The minimum Gasteiger partial charge on any atom is -0.468 e. The minimum atomic E-state index is -1.20. The molecule has 1 atom stereocenters. The number of hydrogen-bond donors (Lipinski definition) is 3. The van der Waals surface area contributed by atoms with Crippen molar-refractivity contribution in [1.29, 1.82) is 0 Å². The SMILES string of the molecule is COC(=O)CNC(=O)C1(NC(=O)C(CSC(c2ccccc2)(c2ccccc2)c2ccccc2)NC(=O)OCC2c3ccccc3-c3ccccc32)CC1. The highest BCUT2D eigenvalue weighted by atomic mass is 32.2. The van der Waals surface area contributed by atoms with Crippen LogP contribution >= 0.6 is 11.8 Å². The third kappa shape index (κ3) is 7.47. The molecule has 1 saturated carbocycles. The van der Waals surface area contributed by atoms with Crippen molar-refractivity contribution in [3.63, 3.8) is 0 Å². The number of nitrogens with one attached hydrogen (secondary N) is 3. The van der Waals surface area contributed by atoms with Crippen LogP contribution < -0.4 is 16.0 Å². The second-order valence-corrected chi connectivity index (χ2v) is 14.7. The second-order valence-electron chi connectivity index (χ2n) is 13.4. The summed E-state index contributed by atoms with van der Waals surface area (Å²) < 4.78 is 9.79. The van der Waals surface area contributed by atoms with E-state index in [2.05, 4.69) is 69.2 Å². The number of thioether (sulfide) groups is 1. The molecule has 3 amide bonds. The molecule has 0 saturated heterocycles. The van der Waals surface area contributed by atoms with Gasteiger partial charge >= 0.3 is 12.1 Å². The highest BCUT2D eigenvalue weighted by Gasteiger charge is 2.52. The standard InChI is InChI=1S/C44H41N3O6S/c1-52-39(48)27-45-41(50)43(25-26-43)47-40(49)38(46-42(51)53-28-37-35-23-13-11-21-33(35)34-22-12-14-24-36(34)37)29-54-44(30-15-5-2-6-16-30,31-17-7-3-8-18-31)32-19-9-4-10-20-32/h2-24,37-38H,25-29H2,1H3,(H,45,50)(H,46,51)(H,47,49). The van der Waals surface area contributed by atoms with Gasteiger partial charge in [-0.2, -0.15) is 0 Å². The van der Waals surface area contributed by atoms with E-state index in [1.807, 2.05) is 91.0 Å². The monoisotopic (exact) mass is 739 g/mol. The Morgan fingerprint density at radius 3 is 1.69 bits per heavy atom. The van der Waals surface area contributed by atoms with Crippen molar-refractivity contribution in [2.24, 2.45) is 0 Å². The van der Waals surface area contributed by atoms with Crippen LogP contribution in [0.5, 0.6) is 0 Å². The Labute approximate surface area is 318 Å². The number of carbonyl (C=O) groups excluding carboxylic acids is 4. The maximum atomic E-state index is 14.3. The number of rotatable bonds is 14. The van der Waals surface area contributed by atoms with Gasteiger partial charge in [-0.15, -0.1) is 11.8 Å². The molecule has 5 aromatic carbocycles. The summed E-state index contributed by atoms with van der Waals surface area (Å²) >= 11 is 1.51. The van der Waals surface area contributed by atoms with Crippen LogP contribution in [-0.2, 0) is 28.6 Å². The van der Waals surface area contributed by atoms with Gasteiger partial charge in [0.2, 0.25) is 11.8 Å². The molecule has 2 aliphatic carbocycles. The molecule has 0 radical (unpaired) electrons. The largest absolute Gasteiger partial charge is 0.468 e. The van der Waals surface area contributed by atoms with Crippen LogP contribution in [0, 0.1) is 0 Å². The molecule has 3 N–H and O–H groups in total. The molecule has 1 fully saturated rings. The van der Waals surface area contributed by atoms with E-state index in [0.29, 0.717) is 12.8 Å². The zero-order chi connectivity index (χ0) is 37.5. The van der Waals surface area contributed by atoms with Gasteiger partial charge in [-0.1, -0.05) is 140 Å². The number of hydrogen-bond acceptors (Lipinski definition) is 7. The first-order valence-electron chi connectivity index (χ1n) is 17.9. The van der Waals surface area contributed by atoms with E-state index in [4.69, 9.17) is 4.74 Å². The van der Waals surface area contributed by atoms with Crippen LogP contribution in [0.15, 0.2) is 140 Å². The van der Waals surface area contributed by atoms with Crippen molar-refractivity contribution >= 4 is 35.6 Å². The first kappa shape index (κ1) is 36.5. The number of benzene rings is 5. The van der Waals surface area contributed by atoms with E-state index in [-0.39, 0.29) is 24.8 Å². The van der Waals surface area contributed by atoms with E-state index in [1.54, 1.807) is 0 Å². The first-order chi connectivity index (χ1) is 26.3. The number of ether oxygens (including phenoxy) is 2.